The molecule has 1 nitrogen and oxygen atoms in total. The maximum Gasteiger partial charge on any atom is 0.0619 e. The van der Waals surface area contributed by atoms with Crippen LogP contribution in [0.4, 0.5) is 0 Å². The molecule has 64 heavy (non-hydrogen) atoms. The van der Waals surface area contributed by atoms with Crippen LogP contribution in [0.15, 0.2) is 200 Å². The molecule has 2 heteroatoms. The molecule has 11 aromatic rings. The van der Waals surface area contributed by atoms with Crippen molar-refractivity contribution in [2.45, 2.75) is 41.0 Å². The van der Waals surface area contributed by atoms with Gasteiger partial charge in [-0.15, -0.1) is 17.3 Å². The first-order chi connectivity index (χ1) is 31.4. The summed E-state index contributed by atoms with van der Waals surface area (Å²) in [5.41, 5.74) is 14.1. The molecule has 0 atom stereocenters. The Kier molecular flexibility index (Phi) is 12.4. The zero-order chi connectivity index (χ0) is 44.0. The van der Waals surface area contributed by atoms with Crippen molar-refractivity contribution >= 4 is 70.8 Å². The second-order valence-electron chi connectivity index (χ2n) is 16.3. The van der Waals surface area contributed by atoms with Crippen LogP contribution in [0, 0.1) is 32.6 Å². The van der Waals surface area contributed by atoms with Gasteiger partial charge in [-0.1, -0.05) is 182 Å². The number of aromatic nitrogens is 1. The summed E-state index contributed by atoms with van der Waals surface area (Å²) in [6.45, 7) is 10.5. The number of benzene rings is 9. The zero-order valence-electron chi connectivity index (χ0n) is 37.2. The fourth-order valence-electron chi connectivity index (χ4n) is 8.68. The van der Waals surface area contributed by atoms with Crippen molar-refractivity contribution in [3.05, 3.63) is 227 Å². The van der Waals surface area contributed by atoms with Crippen molar-refractivity contribution in [1.29, 1.82) is 0 Å². The van der Waals surface area contributed by atoms with Crippen molar-refractivity contribution in [2.24, 2.45) is 0 Å². The molecule has 0 spiro atoms. The molecule has 11 rings (SSSR count). The Bertz CT molecular complexity index is 3490. The lowest BCUT2D eigenvalue weighted by Crippen LogP contribution is -1.93. The van der Waals surface area contributed by atoms with E-state index in [0.717, 1.165) is 6.42 Å². The van der Waals surface area contributed by atoms with Crippen LogP contribution >= 0.6 is 11.3 Å². The Morgan fingerprint density at radius 3 is 1.75 bits per heavy atom. The van der Waals surface area contributed by atoms with Gasteiger partial charge in [0.2, 0.25) is 0 Å². The van der Waals surface area contributed by atoms with E-state index in [-0.39, 0.29) is 0 Å². The van der Waals surface area contributed by atoms with Gasteiger partial charge in [-0.25, -0.2) is 0 Å². The van der Waals surface area contributed by atoms with E-state index >= 15 is 0 Å². The second-order valence-corrected chi connectivity index (χ2v) is 17.4. The summed E-state index contributed by atoms with van der Waals surface area (Å²) in [6.07, 6.45) is 5.15. The van der Waals surface area contributed by atoms with Crippen molar-refractivity contribution in [1.82, 2.24) is 4.57 Å². The molecule has 0 fully saturated rings. The summed E-state index contributed by atoms with van der Waals surface area (Å²) in [5, 5.41) is 9.21. The topological polar surface area (TPSA) is 4.93 Å². The molecule has 2 heterocycles. The van der Waals surface area contributed by atoms with Gasteiger partial charge in [0.15, 0.2) is 0 Å². The monoisotopic (exact) mass is 841 g/mol. The van der Waals surface area contributed by atoms with Crippen LogP contribution in [0.2, 0.25) is 0 Å². The predicted molar refractivity (Wildman–Crippen MR) is 281 cm³/mol. The van der Waals surface area contributed by atoms with Crippen molar-refractivity contribution in [3.8, 4) is 39.8 Å². The van der Waals surface area contributed by atoms with Gasteiger partial charge in [0.1, 0.15) is 0 Å². The van der Waals surface area contributed by atoms with Crippen LogP contribution < -0.4 is 0 Å². The SMILES string of the molecule is CC#C/C=C\c1sc2ccc(-c3ccc(C)cc3)cc2c1C.CCc1cccc2ccccc12.Cc1ccc(-c2ccc3c(c2)c2ccc4ccccc4c2n3-c2ccccc2)cc1. The number of para-hydroxylation sites is 1. The van der Waals surface area contributed by atoms with Crippen LogP contribution in [0.1, 0.15) is 41.0 Å². The molecule has 0 saturated carbocycles. The van der Waals surface area contributed by atoms with Gasteiger partial charge in [-0.2, -0.15) is 0 Å². The van der Waals surface area contributed by atoms with Crippen molar-refractivity contribution in [2.75, 3.05) is 0 Å². The molecule has 0 aliphatic carbocycles. The maximum atomic E-state index is 2.99. The fourth-order valence-corrected chi connectivity index (χ4v) is 9.77. The van der Waals surface area contributed by atoms with E-state index < -0.39 is 0 Å². The first kappa shape index (κ1) is 41.9. The Morgan fingerprint density at radius 1 is 0.500 bits per heavy atom. The number of allylic oxidation sites excluding steroid dienone is 1. The third kappa shape index (κ3) is 8.64. The summed E-state index contributed by atoms with van der Waals surface area (Å²) in [7, 11) is 0. The van der Waals surface area contributed by atoms with Gasteiger partial charge in [-0.05, 0) is 138 Å². The zero-order valence-corrected chi connectivity index (χ0v) is 38.0. The van der Waals surface area contributed by atoms with Gasteiger partial charge in [0.05, 0.1) is 11.0 Å². The maximum absolute atomic E-state index is 2.99. The smallest absolute Gasteiger partial charge is 0.0619 e. The van der Waals surface area contributed by atoms with E-state index in [1.54, 1.807) is 0 Å². The molecule has 0 aliphatic rings. The average Bonchev–Trinajstić information content (AvgIpc) is 3.85. The summed E-state index contributed by atoms with van der Waals surface area (Å²) in [4.78, 5) is 1.29. The van der Waals surface area contributed by atoms with Crippen LogP contribution in [-0.2, 0) is 6.42 Å². The first-order valence-electron chi connectivity index (χ1n) is 22.1. The highest BCUT2D eigenvalue weighted by Crippen LogP contribution is 2.39. The summed E-state index contributed by atoms with van der Waals surface area (Å²) >= 11 is 1.83. The van der Waals surface area contributed by atoms with Gasteiger partial charge >= 0.3 is 0 Å². The number of hydrogen-bond donors (Lipinski definition) is 0. The lowest BCUT2D eigenvalue weighted by molar-refractivity contribution is 1.16. The number of aryl methyl sites for hydroxylation is 4. The standard InChI is InChI=1S/C29H21N.C21H18S.C12H12/c1-20-11-13-21(14-12-20)23-16-18-28-27(19-23)26-17-15-22-7-5-6-10-25(22)29(26)30(28)24-8-3-2-4-9-24;1-4-5-6-7-20-16(3)19-14-18(12-13-21(19)22-20)17-10-8-15(2)9-11-17;1-2-10-7-5-8-11-6-3-4-9-12(10)11/h2-19H,1H3;6-14H,1-3H3;3-9H,2H2,1H3/b;7-6-;. The molecule has 310 valence electrons. The van der Waals surface area contributed by atoms with Crippen LogP contribution in [0.3, 0.4) is 0 Å². The quantitative estimate of drug-likeness (QED) is 0.152. The molecule has 9 aromatic carbocycles. The van der Waals surface area contributed by atoms with Crippen molar-refractivity contribution < 1.29 is 0 Å². The minimum absolute atomic E-state index is 1.11. The molecule has 0 N–H and O–H groups in total. The molecule has 0 amide bonds. The largest absolute Gasteiger partial charge is 0.309 e. The first-order valence-corrected chi connectivity index (χ1v) is 23.0. The van der Waals surface area contributed by atoms with E-state index in [9.17, 15) is 0 Å². The minimum atomic E-state index is 1.11. The van der Waals surface area contributed by atoms with E-state index in [0.29, 0.717) is 0 Å². The summed E-state index contributed by atoms with van der Waals surface area (Å²) in [6, 6.07) is 70.0. The number of rotatable bonds is 5. The normalized spacial score (nSPS) is 11.1. The van der Waals surface area contributed by atoms with E-state index in [4.69, 9.17) is 0 Å². The van der Waals surface area contributed by atoms with Crippen LogP contribution in [-0.4, -0.2) is 4.57 Å². The minimum Gasteiger partial charge on any atom is -0.309 e. The van der Waals surface area contributed by atoms with Gasteiger partial charge in [-0.3, -0.25) is 0 Å². The lowest BCUT2D eigenvalue weighted by Gasteiger charge is -2.10. The molecule has 0 bridgehead atoms. The molecule has 0 radical (unpaired) electrons. The van der Waals surface area contributed by atoms with Crippen LogP contribution in [0.25, 0.3) is 87.5 Å². The number of nitrogens with zero attached hydrogens (tertiary/aromatic N) is 1. The molecule has 0 aliphatic heterocycles. The third-order valence-electron chi connectivity index (χ3n) is 12.1. The Labute approximate surface area is 381 Å². The van der Waals surface area contributed by atoms with Gasteiger partial charge in [0.25, 0.3) is 0 Å². The van der Waals surface area contributed by atoms with Crippen molar-refractivity contribution in [3.63, 3.8) is 0 Å². The van der Waals surface area contributed by atoms with Crippen LogP contribution in [0.5, 0.6) is 0 Å². The molecule has 0 unspecified atom stereocenters. The molecule has 2 aromatic heterocycles. The number of fused-ring (bicyclic) bond motifs is 7. The fraction of sp³-hybridized carbons (Fsp3) is 0.0968. The average molecular weight is 842 g/mol. The second kappa shape index (κ2) is 18.9. The highest BCUT2D eigenvalue weighted by molar-refractivity contribution is 7.20. The lowest BCUT2D eigenvalue weighted by atomic mass is 10.0. The molecular formula is C62H51NS. The third-order valence-corrected chi connectivity index (χ3v) is 13.4. The summed E-state index contributed by atoms with van der Waals surface area (Å²) < 4.78 is 3.74. The summed E-state index contributed by atoms with van der Waals surface area (Å²) in [5.74, 6) is 5.88. The van der Waals surface area contributed by atoms with E-state index in [1.807, 2.05) is 24.3 Å². The Morgan fingerprint density at radius 2 is 1.08 bits per heavy atom. The predicted octanol–water partition coefficient (Wildman–Crippen LogP) is 17.5. The molecule has 0 saturated heterocycles. The number of thiophene rings is 1. The molecular weight excluding hydrogens is 791 g/mol. The van der Waals surface area contributed by atoms with E-state index in [2.05, 4.69) is 244 Å². The highest BCUT2D eigenvalue weighted by Gasteiger charge is 2.16. The number of hydrogen-bond acceptors (Lipinski definition) is 1. The highest BCUT2D eigenvalue weighted by atomic mass is 32.1. The van der Waals surface area contributed by atoms with E-state index in [1.165, 1.54) is 109 Å². The van der Waals surface area contributed by atoms with Gasteiger partial charge < -0.3 is 4.57 Å². The van der Waals surface area contributed by atoms with Gasteiger partial charge in [0, 0.05) is 31.4 Å². The Balaban J connectivity index is 0.000000133. The Hall–Kier alpha value is -7.44.